The largest absolute Gasteiger partial charge is 0.490 e. The molecule has 0 saturated heterocycles. The molecule has 3 aromatic heterocycles. The van der Waals surface area contributed by atoms with E-state index in [1.54, 1.807) is 16.9 Å². The van der Waals surface area contributed by atoms with Crippen LogP contribution in [-0.4, -0.2) is 42.7 Å². The van der Waals surface area contributed by atoms with Crippen molar-refractivity contribution in [3.63, 3.8) is 0 Å². The number of pyridine rings is 1. The number of imidazole rings is 1. The minimum Gasteiger partial charge on any atom is -0.475 e. The number of aliphatic carboxylic acids is 1. The second-order valence-corrected chi connectivity index (χ2v) is 9.57. The number of rotatable bonds is 4. The Labute approximate surface area is 215 Å². The van der Waals surface area contributed by atoms with Crippen LogP contribution in [0.5, 0.6) is 0 Å². The Morgan fingerprint density at radius 1 is 1.03 bits per heavy atom. The minimum atomic E-state index is -5.08. The number of amides is 1. The van der Waals surface area contributed by atoms with Gasteiger partial charge in [-0.15, -0.1) is 0 Å². The van der Waals surface area contributed by atoms with Gasteiger partial charge in [0.1, 0.15) is 11.5 Å². The molecule has 0 aliphatic heterocycles. The van der Waals surface area contributed by atoms with Crippen LogP contribution in [0.3, 0.4) is 0 Å². The fourth-order valence-electron chi connectivity index (χ4n) is 3.30. The standard InChI is InChI=1S/C23H22ClN5O.C2HF3O2/c1-23(2,3)14-20(30)27-18-13-16(9-11-25-18)22-21(15-6-4-7-17(24)12-15)28-19-8-5-10-26-29(19)22;3-2(4,5)1(6)7/h4-13H,14H2,1-3H3,(H,25,27,30);(H,6,7). The summed E-state index contributed by atoms with van der Waals surface area (Å²) in [6.45, 7) is 6.08. The number of fused-ring (bicyclic) bond motifs is 1. The minimum absolute atomic E-state index is 0.0709. The molecule has 1 aromatic carbocycles. The van der Waals surface area contributed by atoms with E-state index < -0.39 is 12.1 Å². The third kappa shape index (κ3) is 7.50. The number of nitrogens with one attached hydrogen (secondary N) is 1. The first kappa shape index (κ1) is 27.6. The zero-order valence-corrected chi connectivity index (χ0v) is 20.8. The molecule has 0 radical (unpaired) electrons. The van der Waals surface area contributed by atoms with Crippen LogP contribution in [0.2, 0.25) is 5.02 Å². The smallest absolute Gasteiger partial charge is 0.475 e. The number of aromatic nitrogens is 4. The van der Waals surface area contributed by atoms with Crippen LogP contribution in [0.1, 0.15) is 27.2 Å². The van der Waals surface area contributed by atoms with E-state index in [0.29, 0.717) is 17.3 Å². The Kier molecular flexibility index (Phi) is 8.17. The second kappa shape index (κ2) is 11.0. The first-order valence-electron chi connectivity index (χ1n) is 10.9. The third-order valence-corrected chi connectivity index (χ3v) is 4.96. The van der Waals surface area contributed by atoms with Gasteiger partial charge in [-0.1, -0.05) is 44.5 Å². The van der Waals surface area contributed by atoms with Crippen molar-refractivity contribution in [2.75, 3.05) is 5.32 Å². The number of hydrogen-bond donors (Lipinski definition) is 2. The molecule has 0 spiro atoms. The predicted octanol–water partition coefficient (Wildman–Crippen LogP) is 6.12. The van der Waals surface area contributed by atoms with Crippen LogP contribution < -0.4 is 5.32 Å². The first-order chi connectivity index (χ1) is 17.2. The van der Waals surface area contributed by atoms with Crippen LogP contribution in [0, 0.1) is 5.41 Å². The topological polar surface area (TPSA) is 109 Å². The van der Waals surface area contributed by atoms with Crippen molar-refractivity contribution in [1.82, 2.24) is 19.6 Å². The molecule has 2 N–H and O–H groups in total. The molecule has 0 atom stereocenters. The molecule has 0 aliphatic carbocycles. The summed E-state index contributed by atoms with van der Waals surface area (Å²) in [4.78, 5) is 30.4. The molecule has 0 fully saturated rings. The summed E-state index contributed by atoms with van der Waals surface area (Å²) in [5.74, 6) is -2.34. The van der Waals surface area contributed by atoms with Gasteiger partial charge in [0, 0.05) is 35.0 Å². The lowest BCUT2D eigenvalue weighted by Crippen LogP contribution is -2.21. The summed E-state index contributed by atoms with van der Waals surface area (Å²) in [5, 5.41) is 15.1. The highest BCUT2D eigenvalue weighted by Gasteiger charge is 2.38. The second-order valence-electron chi connectivity index (χ2n) is 9.13. The molecule has 0 aliphatic rings. The Hall–Kier alpha value is -3.99. The van der Waals surface area contributed by atoms with E-state index in [2.05, 4.69) is 15.4 Å². The maximum Gasteiger partial charge on any atom is 0.490 e. The number of hydrogen-bond acceptors (Lipinski definition) is 5. The third-order valence-electron chi connectivity index (χ3n) is 4.73. The molecule has 8 nitrogen and oxygen atoms in total. The summed E-state index contributed by atoms with van der Waals surface area (Å²) in [6, 6.07) is 15.0. The highest BCUT2D eigenvalue weighted by Crippen LogP contribution is 2.34. The molecule has 0 bridgehead atoms. The molecule has 4 aromatic rings. The van der Waals surface area contributed by atoms with Gasteiger partial charge in [0.15, 0.2) is 5.65 Å². The number of alkyl halides is 3. The van der Waals surface area contributed by atoms with E-state index >= 15 is 0 Å². The SMILES string of the molecule is CC(C)(C)CC(=O)Nc1cc(-c2c(-c3cccc(Cl)c3)nc3cccnn23)ccn1.O=C(O)C(F)(F)F. The van der Waals surface area contributed by atoms with Crippen molar-refractivity contribution < 1.29 is 27.9 Å². The van der Waals surface area contributed by atoms with Gasteiger partial charge in [-0.3, -0.25) is 4.79 Å². The molecular formula is C25H23ClF3N5O3. The number of anilines is 1. The first-order valence-corrected chi connectivity index (χ1v) is 11.3. The fraction of sp³-hybridized carbons (Fsp3) is 0.240. The quantitative estimate of drug-likeness (QED) is 0.327. The molecule has 0 unspecified atom stereocenters. The van der Waals surface area contributed by atoms with Crippen molar-refractivity contribution >= 4 is 34.9 Å². The van der Waals surface area contributed by atoms with Gasteiger partial charge in [0.2, 0.25) is 5.91 Å². The number of nitrogens with zero attached hydrogens (tertiary/aromatic N) is 4. The number of carboxylic acid groups (broad SMARTS) is 1. The molecule has 12 heteroatoms. The molecule has 3 heterocycles. The Balaban J connectivity index is 0.000000479. The highest BCUT2D eigenvalue weighted by molar-refractivity contribution is 6.30. The van der Waals surface area contributed by atoms with Gasteiger partial charge in [-0.05, 0) is 41.8 Å². The maximum absolute atomic E-state index is 12.4. The van der Waals surface area contributed by atoms with E-state index in [1.165, 1.54) is 0 Å². The van der Waals surface area contributed by atoms with Gasteiger partial charge in [-0.25, -0.2) is 19.3 Å². The summed E-state index contributed by atoms with van der Waals surface area (Å²) < 4.78 is 33.5. The monoisotopic (exact) mass is 533 g/mol. The van der Waals surface area contributed by atoms with Crippen molar-refractivity contribution in [3.05, 3.63) is 65.9 Å². The van der Waals surface area contributed by atoms with Crippen LogP contribution >= 0.6 is 11.6 Å². The average Bonchev–Trinajstić information content (AvgIpc) is 3.17. The van der Waals surface area contributed by atoms with Crippen LogP contribution in [0.15, 0.2) is 60.9 Å². The molecule has 4 rings (SSSR count). The fourth-order valence-corrected chi connectivity index (χ4v) is 3.49. The molecule has 37 heavy (non-hydrogen) atoms. The van der Waals surface area contributed by atoms with E-state index in [-0.39, 0.29) is 11.3 Å². The van der Waals surface area contributed by atoms with Gasteiger partial charge in [-0.2, -0.15) is 18.3 Å². The summed E-state index contributed by atoms with van der Waals surface area (Å²) >= 11 is 6.22. The number of carbonyl (C=O) groups excluding carboxylic acids is 1. The predicted molar refractivity (Wildman–Crippen MR) is 133 cm³/mol. The number of carbonyl (C=O) groups is 2. The zero-order valence-electron chi connectivity index (χ0n) is 20.0. The van der Waals surface area contributed by atoms with Crippen molar-refractivity contribution in [1.29, 1.82) is 0 Å². The molecule has 194 valence electrons. The van der Waals surface area contributed by atoms with Crippen molar-refractivity contribution in [2.24, 2.45) is 5.41 Å². The zero-order chi connectivity index (χ0) is 27.4. The lowest BCUT2D eigenvalue weighted by molar-refractivity contribution is -0.192. The van der Waals surface area contributed by atoms with Crippen LogP contribution in [-0.2, 0) is 9.59 Å². The molecule has 1 amide bonds. The number of benzene rings is 1. The number of carboxylic acids is 1. The van der Waals surface area contributed by atoms with E-state index in [1.807, 2.05) is 69.3 Å². The average molecular weight is 534 g/mol. The van der Waals surface area contributed by atoms with Gasteiger partial charge in [0.05, 0.1) is 5.69 Å². The van der Waals surface area contributed by atoms with Crippen molar-refractivity contribution in [3.8, 4) is 22.5 Å². The summed E-state index contributed by atoms with van der Waals surface area (Å²) in [5.41, 5.74) is 3.91. The number of halogens is 4. The van der Waals surface area contributed by atoms with E-state index in [4.69, 9.17) is 26.5 Å². The summed E-state index contributed by atoms with van der Waals surface area (Å²) in [6.07, 6.45) is -1.29. The Morgan fingerprint density at radius 2 is 1.73 bits per heavy atom. The van der Waals surface area contributed by atoms with Gasteiger partial charge >= 0.3 is 12.1 Å². The van der Waals surface area contributed by atoms with E-state index in [9.17, 15) is 18.0 Å². The van der Waals surface area contributed by atoms with E-state index in [0.717, 1.165) is 28.2 Å². The van der Waals surface area contributed by atoms with Crippen LogP contribution in [0.4, 0.5) is 19.0 Å². The van der Waals surface area contributed by atoms with Crippen molar-refractivity contribution in [2.45, 2.75) is 33.4 Å². The van der Waals surface area contributed by atoms with Gasteiger partial charge in [0.25, 0.3) is 0 Å². The molecule has 0 saturated carbocycles. The normalized spacial score (nSPS) is 11.5. The van der Waals surface area contributed by atoms with Gasteiger partial charge < -0.3 is 10.4 Å². The summed E-state index contributed by atoms with van der Waals surface area (Å²) in [7, 11) is 0. The van der Waals surface area contributed by atoms with Crippen LogP contribution in [0.25, 0.3) is 28.2 Å². The lowest BCUT2D eigenvalue weighted by atomic mass is 9.92. The Morgan fingerprint density at radius 3 is 2.35 bits per heavy atom. The highest BCUT2D eigenvalue weighted by atomic mass is 35.5. The lowest BCUT2D eigenvalue weighted by Gasteiger charge is -2.17. The Bertz CT molecular complexity index is 1430. The molecular weight excluding hydrogens is 511 g/mol. The maximum atomic E-state index is 12.4.